The Morgan fingerprint density at radius 1 is 1.22 bits per heavy atom. The molecule has 2 unspecified atom stereocenters. The summed E-state index contributed by atoms with van der Waals surface area (Å²) in [6.07, 6.45) is -9.97. The van der Waals surface area contributed by atoms with Gasteiger partial charge in [-0.3, -0.25) is 0 Å². The van der Waals surface area contributed by atoms with Crippen molar-refractivity contribution in [1.29, 1.82) is 0 Å². The zero-order valence-corrected chi connectivity index (χ0v) is 8.65. The third kappa shape index (κ3) is 2.77. The summed E-state index contributed by atoms with van der Waals surface area (Å²) in [5.41, 5.74) is -2.82. The van der Waals surface area contributed by atoms with Crippen LogP contribution in [-0.4, -0.2) is 27.4 Å². The molecular formula is C10H8F4O4. The van der Waals surface area contributed by atoms with Crippen molar-refractivity contribution in [1.82, 2.24) is 0 Å². The third-order valence-electron chi connectivity index (χ3n) is 2.20. The second-order valence-corrected chi connectivity index (χ2v) is 3.43. The molecule has 18 heavy (non-hydrogen) atoms. The molecule has 0 spiro atoms. The van der Waals surface area contributed by atoms with Crippen LogP contribution in [0.5, 0.6) is 0 Å². The third-order valence-corrected chi connectivity index (χ3v) is 2.20. The minimum absolute atomic E-state index is 0.520. The van der Waals surface area contributed by atoms with Crippen molar-refractivity contribution in [3.63, 3.8) is 0 Å². The fourth-order valence-corrected chi connectivity index (χ4v) is 1.39. The lowest BCUT2D eigenvalue weighted by molar-refractivity contribution is -0.155. The van der Waals surface area contributed by atoms with Gasteiger partial charge >= 0.3 is 12.1 Å². The van der Waals surface area contributed by atoms with Gasteiger partial charge in [-0.05, 0) is 11.6 Å². The van der Waals surface area contributed by atoms with Crippen LogP contribution >= 0.6 is 0 Å². The highest BCUT2D eigenvalue weighted by Gasteiger charge is 2.40. The molecule has 0 aromatic heterocycles. The van der Waals surface area contributed by atoms with E-state index in [0.717, 1.165) is 6.07 Å². The maximum absolute atomic E-state index is 13.1. The van der Waals surface area contributed by atoms with Crippen LogP contribution in [-0.2, 0) is 11.0 Å². The van der Waals surface area contributed by atoms with E-state index in [4.69, 9.17) is 10.2 Å². The smallest absolute Gasteiger partial charge is 0.419 e. The molecule has 1 aromatic carbocycles. The number of halogens is 4. The largest absolute Gasteiger partial charge is 0.479 e. The number of aliphatic hydroxyl groups is 2. The van der Waals surface area contributed by atoms with Crippen LogP contribution in [0.3, 0.4) is 0 Å². The van der Waals surface area contributed by atoms with E-state index in [9.17, 15) is 27.5 Å². The Balaban J connectivity index is 3.33. The lowest BCUT2D eigenvalue weighted by Crippen LogP contribution is -2.29. The second kappa shape index (κ2) is 4.91. The van der Waals surface area contributed by atoms with Gasteiger partial charge in [0.05, 0.1) is 5.56 Å². The molecule has 0 saturated heterocycles. The minimum Gasteiger partial charge on any atom is -0.479 e. The number of aliphatic carboxylic acids is 1. The molecule has 4 nitrogen and oxygen atoms in total. The van der Waals surface area contributed by atoms with Gasteiger partial charge in [0.25, 0.3) is 0 Å². The Kier molecular flexibility index (Phi) is 3.92. The molecule has 0 fully saturated rings. The normalized spacial score (nSPS) is 15.2. The van der Waals surface area contributed by atoms with Crippen LogP contribution in [0.4, 0.5) is 17.6 Å². The molecule has 8 heteroatoms. The molecule has 100 valence electrons. The molecule has 1 aromatic rings. The zero-order chi connectivity index (χ0) is 14.1. The number of alkyl halides is 3. The highest BCUT2D eigenvalue weighted by atomic mass is 19.4. The Morgan fingerprint density at radius 3 is 2.22 bits per heavy atom. The molecule has 0 aliphatic heterocycles. The molecule has 0 heterocycles. The topological polar surface area (TPSA) is 77.8 Å². The van der Waals surface area contributed by atoms with Gasteiger partial charge in [0.2, 0.25) is 0 Å². The van der Waals surface area contributed by atoms with Crippen LogP contribution in [0.1, 0.15) is 17.2 Å². The van der Waals surface area contributed by atoms with Crippen LogP contribution < -0.4 is 0 Å². The summed E-state index contributed by atoms with van der Waals surface area (Å²) in [7, 11) is 0. The first kappa shape index (κ1) is 14.4. The summed E-state index contributed by atoms with van der Waals surface area (Å²) >= 11 is 0. The van der Waals surface area contributed by atoms with Gasteiger partial charge in [-0.15, -0.1) is 0 Å². The molecule has 0 amide bonds. The van der Waals surface area contributed by atoms with Gasteiger partial charge in [0.1, 0.15) is 11.9 Å². The molecule has 1 rings (SSSR count). The van der Waals surface area contributed by atoms with Crippen molar-refractivity contribution in [2.75, 3.05) is 0 Å². The van der Waals surface area contributed by atoms with E-state index in [-0.39, 0.29) is 0 Å². The minimum atomic E-state index is -5.11. The second-order valence-electron chi connectivity index (χ2n) is 3.43. The number of benzene rings is 1. The molecule has 0 aliphatic rings. The zero-order valence-electron chi connectivity index (χ0n) is 8.65. The van der Waals surface area contributed by atoms with E-state index in [0.29, 0.717) is 12.1 Å². The summed E-state index contributed by atoms with van der Waals surface area (Å²) in [6, 6.07) is 2.09. The van der Waals surface area contributed by atoms with E-state index in [1.54, 1.807) is 0 Å². The summed E-state index contributed by atoms with van der Waals surface area (Å²) in [6.45, 7) is 0. The Labute approximate surface area is 98.1 Å². The lowest BCUT2D eigenvalue weighted by Gasteiger charge is -2.19. The van der Waals surface area contributed by atoms with Crippen LogP contribution in [0.25, 0.3) is 0 Å². The van der Waals surface area contributed by atoms with Gasteiger partial charge in [0, 0.05) is 0 Å². The Morgan fingerprint density at radius 2 is 1.78 bits per heavy atom. The fraction of sp³-hybridized carbons (Fsp3) is 0.300. The molecule has 2 atom stereocenters. The predicted molar refractivity (Wildman–Crippen MR) is 50.0 cm³/mol. The maximum atomic E-state index is 13.1. The first-order valence-electron chi connectivity index (χ1n) is 4.60. The number of hydrogen-bond acceptors (Lipinski definition) is 3. The average molecular weight is 268 g/mol. The Bertz CT molecular complexity index is 458. The quantitative estimate of drug-likeness (QED) is 0.722. The van der Waals surface area contributed by atoms with Crippen LogP contribution in [0.2, 0.25) is 0 Å². The van der Waals surface area contributed by atoms with E-state index < -0.39 is 41.3 Å². The van der Waals surface area contributed by atoms with E-state index in [2.05, 4.69) is 0 Å². The van der Waals surface area contributed by atoms with Gasteiger partial charge in [-0.2, -0.15) is 13.2 Å². The first-order chi connectivity index (χ1) is 8.16. The summed E-state index contributed by atoms with van der Waals surface area (Å²) in [5, 5.41) is 26.7. The molecular weight excluding hydrogens is 260 g/mol. The number of carboxylic acid groups (broad SMARTS) is 1. The molecule has 0 radical (unpaired) electrons. The van der Waals surface area contributed by atoms with Crippen molar-refractivity contribution < 1.29 is 37.7 Å². The SMILES string of the molecule is O=C(O)C(O)C(O)c1cccc(F)c1C(F)(F)F. The maximum Gasteiger partial charge on any atom is 0.419 e. The summed E-state index contributed by atoms with van der Waals surface area (Å²) < 4.78 is 50.8. The molecule has 0 saturated carbocycles. The van der Waals surface area contributed by atoms with Crippen LogP contribution in [0, 0.1) is 5.82 Å². The van der Waals surface area contributed by atoms with Crippen molar-refractivity contribution >= 4 is 5.97 Å². The number of carboxylic acids is 1. The lowest BCUT2D eigenvalue weighted by atomic mass is 9.98. The van der Waals surface area contributed by atoms with Gasteiger partial charge in [-0.25, -0.2) is 9.18 Å². The number of carbonyl (C=O) groups is 1. The molecule has 0 aliphatic carbocycles. The van der Waals surface area contributed by atoms with Gasteiger partial charge < -0.3 is 15.3 Å². The van der Waals surface area contributed by atoms with Crippen molar-refractivity contribution in [2.24, 2.45) is 0 Å². The Hall–Kier alpha value is -1.67. The molecule has 0 bridgehead atoms. The summed E-state index contributed by atoms with van der Waals surface area (Å²) in [5.74, 6) is -3.57. The number of hydrogen-bond donors (Lipinski definition) is 3. The highest BCUT2D eigenvalue weighted by Crippen LogP contribution is 2.37. The highest BCUT2D eigenvalue weighted by molar-refractivity contribution is 5.73. The van der Waals surface area contributed by atoms with Crippen molar-refractivity contribution in [2.45, 2.75) is 18.4 Å². The van der Waals surface area contributed by atoms with Crippen molar-refractivity contribution in [3.8, 4) is 0 Å². The monoisotopic (exact) mass is 268 g/mol. The predicted octanol–water partition coefficient (Wildman–Crippen LogP) is 1.32. The van der Waals surface area contributed by atoms with Crippen molar-refractivity contribution in [3.05, 3.63) is 35.1 Å². The van der Waals surface area contributed by atoms with E-state index in [1.165, 1.54) is 0 Å². The average Bonchev–Trinajstić information content (AvgIpc) is 2.24. The fourth-order valence-electron chi connectivity index (χ4n) is 1.39. The standard InChI is InChI=1S/C10H8F4O4/c11-5-3-1-2-4(6(5)10(12,13)14)7(15)8(16)9(17)18/h1-3,7-8,15-16H,(H,17,18). The first-order valence-corrected chi connectivity index (χ1v) is 4.60. The van der Waals surface area contributed by atoms with E-state index >= 15 is 0 Å². The molecule has 3 N–H and O–H groups in total. The number of rotatable bonds is 3. The van der Waals surface area contributed by atoms with Crippen LogP contribution in [0.15, 0.2) is 18.2 Å². The number of aliphatic hydroxyl groups excluding tert-OH is 2. The van der Waals surface area contributed by atoms with E-state index in [1.807, 2.05) is 0 Å². The van der Waals surface area contributed by atoms with Gasteiger partial charge in [0.15, 0.2) is 6.10 Å². The van der Waals surface area contributed by atoms with Gasteiger partial charge in [-0.1, -0.05) is 12.1 Å². The summed E-state index contributed by atoms with van der Waals surface area (Å²) in [4.78, 5) is 10.4.